The Balaban J connectivity index is 1.35. The Labute approximate surface area is 170 Å². The van der Waals surface area contributed by atoms with Gasteiger partial charge in [0.2, 0.25) is 5.91 Å². The molecular formula is C22H26N4O3. The number of nitrogens with one attached hydrogen (secondary N) is 1. The van der Waals surface area contributed by atoms with Crippen LogP contribution in [0.3, 0.4) is 0 Å². The lowest BCUT2D eigenvalue weighted by Crippen LogP contribution is -2.41. The molecule has 1 aromatic carbocycles. The summed E-state index contributed by atoms with van der Waals surface area (Å²) in [4.78, 5) is 24.8. The summed E-state index contributed by atoms with van der Waals surface area (Å²) in [6.45, 7) is 2.94. The molecule has 1 aromatic heterocycles. The number of benzene rings is 1. The Morgan fingerprint density at radius 1 is 1.34 bits per heavy atom. The van der Waals surface area contributed by atoms with Crippen LogP contribution in [0.2, 0.25) is 0 Å². The molecule has 0 aliphatic carbocycles. The Kier molecular flexibility index (Phi) is 4.83. The molecule has 1 fully saturated rings. The number of rotatable bonds is 3. The molecule has 1 amide bonds. The molecule has 1 N–H and O–H groups in total. The van der Waals surface area contributed by atoms with Gasteiger partial charge in [-0.3, -0.25) is 4.79 Å². The Bertz CT molecular complexity index is 932. The quantitative estimate of drug-likeness (QED) is 0.859. The van der Waals surface area contributed by atoms with Gasteiger partial charge in [-0.05, 0) is 43.0 Å². The predicted molar refractivity (Wildman–Crippen MR) is 107 cm³/mol. The number of hydrogen-bond donors (Lipinski definition) is 1. The largest absolute Gasteiger partial charge is 0.497 e. The first-order valence-corrected chi connectivity index (χ1v) is 10.4. The molecular weight excluding hydrogens is 368 g/mol. The van der Waals surface area contributed by atoms with Crippen LogP contribution in [0.5, 0.6) is 11.5 Å². The van der Waals surface area contributed by atoms with Crippen LogP contribution in [-0.4, -0.2) is 47.6 Å². The van der Waals surface area contributed by atoms with Crippen molar-refractivity contribution in [2.24, 2.45) is 5.92 Å². The second-order valence-electron chi connectivity index (χ2n) is 8.00. The number of ether oxygens (including phenoxy) is 2. The van der Waals surface area contributed by atoms with Crippen molar-refractivity contribution in [2.45, 2.75) is 38.3 Å². The first-order chi connectivity index (χ1) is 14.2. The van der Waals surface area contributed by atoms with E-state index in [0.29, 0.717) is 13.0 Å². The maximum absolute atomic E-state index is 13.4. The van der Waals surface area contributed by atoms with Gasteiger partial charge in [0, 0.05) is 43.5 Å². The Hall–Kier alpha value is -2.67. The monoisotopic (exact) mass is 394 g/mol. The summed E-state index contributed by atoms with van der Waals surface area (Å²) in [6, 6.07) is 5.75. The van der Waals surface area contributed by atoms with E-state index in [0.717, 1.165) is 67.5 Å². The second-order valence-corrected chi connectivity index (χ2v) is 8.00. The van der Waals surface area contributed by atoms with E-state index in [2.05, 4.69) is 10.3 Å². The number of methoxy groups -OCH3 is 1. The molecule has 4 heterocycles. The van der Waals surface area contributed by atoms with Gasteiger partial charge in [-0.25, -0.2) is 9.97 Å². The van der Waals surface area contributed by atoms with Crippen LogP contribution >= 0.6 is 0 Å². The van der Waals surface area contributed by atoms with Gasteiger partial charge in [0.15, 0.2) is 5.82 Å². The highest BCUT2D eigenvalue weighted by Crippen LogP contribution is 2.35. The average molecular weight is 394 g/mol. The van der Waals surface area contributed by atoms with E-state index in [9.17, 15) is 4.79 Å². The lowest BCUT2D eigenvalue weighted by atomic mass is 9.95. The van der Waals surface area contributed by atoms with Crippen LogP contribution in [0.15, 0.2) is 24.4 Å². The fourth-order valence-electron chi connectivity index (χ4n) is 4.60. The lowest BCUT2D eigenvalue weighted by molar-refractivity contribution is -0.138. The Morgan fingerprint density at radius 2 is 2.28 bits per heavy atom. The molecule has 3 aliphatic heterocycles. The molecule has 7 heteroatoms. The van der Waals surface area contributed by atoms with Crippen LogP contribution in [0.25, 0.3) is 0 Å². The highest BCUT2D eigenvalue weighted by molar-refractivity contribution is 5.80. The van der Waals surface area contributed by atoms with Crippen molar-refractivity contribution in [1.29, 1.82) is 0 Å². The fourth-order valence-corrected chi connectivity index (χ4v) is 4.60. The third-order valence-corrected chi connectivity index (χ3v) is 6.18. The molecule has 0 saturated carbocycles. The van der Waals surface area contributed by atoms with Crippen LogP contribution in [0.4, 0.5) is 0 Å². The first-order valence-electron chi connectivity index (χ1n) is 10.4. The lowest BCUT2D eigenvalue weighted by Gasteiger charge is -2.31. The van der Waals surface area contributed by atoms with Crippen molar-refractivity contribution in [2.75, 3.05) is 26.8 Å². The average Bonchev–Trinajstić information content (AvgIpc) is 3.27. The van der Waals surface area contributed by atoms with Gasteiger partial charge in [0.1, 0.15) is 18.1 Å². The highest BCUT2D eigenvalue weighted by atomic mass is 16.5. The summed E-state index contributed by atoms with van der Waals surface area (Å²) in [5.74, 6) is 2.38. The molecule has 3 aliphatic rings. The smallest absolute Gasteiger partial charge is 0.230 e. The summed E-state index contributed by atoms with van der Waals surface area (Å²) < 4.78 is 11.2. The highest BCUT2D eigenvalue weighted by Gasteiger charge is 2.37. The number of hydrogen-bond acceptors (Lipinski definition) is 6. The van der Waals surface area contributed by atoms with Crippen LogP contribution < -0.4 is 14.8 Å². The van der Waals surface area contributed by atoms with E-state index in [1.54, 1.807) is 7.11 Å². The summed E-state index contributed by atoms with van der Waals surface area (Å²) in [6.07, 6.45) is 5.42. The number of fused-ring (bicyclic) bond motifs is 2. The van der Waals surface area contributed by atoms with Gasteiger partial charge >= 0.3 is 0 Å². The second kappa shape index (κ2) is 7.63. The Morgan fingerprint density at radius 3 is 3.17 bits per heavy atom. The summed E-state index contributed by atoms with van der Waals surface area (Å²) >= 11 is 0. The van der Waals surface area contributed by atoms with E-state index in [4.69, 9.17) is 14.5 Å². The van der Waals surface area contributed by atoms with Gasteiger partial charge in [0.25, 0.3) is 0 Å². The van der Waals surface area contributed by atoms with E-state index in [1.807, 2.05) is 29.3 Å². The van der Waals surface area contributed by atoms with Crippen LogP contribution in [0.1, 0.15) is 41.5 Å². The number of aromatic nitrogens is 2. The van der Waals surface area contributed by atoms with E-state index < -0.39 is 0 Å². The summed E-state index contributed by atoms with van der Waals surface area (Å²) in [5, 5.41) is 3.35. The summed E-state index contributed by atoms with van der Waals surface area (Å²) in [5.41, 5.74) is 3.32. The minimum Gasteiger partial charge on any atom is -0.497 e. The van der Waals surface area contributed by atoms with Crippen molar-refractivity contribution >= 4 is 5.91 Å². The van der Waals surface area contributed by atoms with E-state index in [1.165, 1.54) is 5.56 Å². The number of amides is 1. The molecule has 5 rings (SSSR count). The molecule has 0 radical (unpaired) electrons. The topological polar surface area (TPSA) is 76.6 Å². The van der Waals surface area contributed by atoms with E-state index in [-0.39, 0.29) is 17.9 Å². The SMILES string of the molecule is COc1ccc2c(c1)C[C@@H](C(=O)N1CCC[C@H]1c1ncc3c(n1)CCNC3)CO2. The molecule has 152 valence electrons. The van der Waals surface area contributed by atoms with Crippen molar-refractivity contribution in [3.63, 3.8) is 0 Å². The van der Waals surface area contributed by atoms with Gasteiger partial charge < -0.3 is 19.7 Å². The maximum atomic E-state index is 13.4. The zero-order valence-corrected chi connectivity index (χ0v) is 16.7. The van der Waals surface area contributed by atoms with Crippen molar-refractivity contribution in [1.82, 2.24) is 20.2 Å². The molecule has 2 atom stereocenters. The van der Waals surface area contributed by atoms with Gasteiger partial charge in [0.05, 0.1) is 19.1 Å². The molecule has 0 spiro atoms. The van der Waals surface area contributed by atoms with Crippen molar-refractivity contribution < 1.29 is 14.3 Å². The van der Waals surface area contributed by atoms with Gasteiger partial charge in [-0.1, -0.05) is 0 Å². The van der Waals surface area contributed by atoms with Crippen molar-refractivity contribution in [3.05, 3.63) is 47.0 Å². The zero-order chi connectivity index (χ0) is 19.8. The maximum Gasteiger partial charge on any atom is 0.230 e. The summed E-state index contributed by atoms with van der Waals surface area (Å²) in [7, 11) is 1.65. The molecule has 7 nitrogen and oxygen atoms in total. The van der Waals surface area contributed by atoms with Crippen LogP contribution in [0, 0.1) is 5.92 Å². The normalized spacial score (nSPS) is 23.1. The molecule has 29 heavy (non-hydrogen) atoms. The first kappa shape index (κ1) is 18.4. The minimum absolute atomic E-state index is 0.0330. The third-order valence-electron chi connectivity index (χ3n) is 6.18. The third kappa shape index (κ3) is 3.44. The predicted octanol–water partition coefficient (Wildman–Crippen LogP) is 2.05. The molecule has 0 unspecified atom stereocenters. The number of likely N-dealkylation sites (tertiary alicyclic amines) is 1. The van der Waals surface area contributed by atoms with Crippen molar-refractivity contribution in [3.8, 4) is 11.5 Å². The number of nitrogens with zero attached hydrogens (tertiary/aromatic N) is 3. The van der Waals surface area contributed by atoms with Gasteiger partial charge in [-0.15, -0.1) is 0 Å². The number of carbonyl (C=O) groups is 1. The standard InChI is InChI=1S/C22H26N4O3/c1-28-17-4-5-20-14(10-17)9-15(13-29-20)22(27)26-8-2-3-19(26)21-24-12-16-11-23-7-6-18(16)25-21/h4-5,10,12,15,19,23H,2-3,6-9,11,13H2,1H3/t15-,19+/m1/s1. The molecule has 1 saturated heterocycles. The molecule has 0 bridgehead atoms. The molecule has 2 aromatic rings. The number of carbonyl (C=O) groups excluding carboxylic acids is 1. The van der Waals surface area contributed by atoms with Gasteiger partial charge in [-0.2, -0.15) is 0 Å². The van der Waals surface area contributed by atoms with Crippen LogP contribution in [-0.2, 0) is 24.2 Å². The minimum atomic E-state index is -0.183. The zero-order valence-electron chi connectivity index (χ0n) is 16.7. The van der Waals surface area contributed by atoms with E-state index >= 15 is 0 Å². The fraction of sp³-hybridized carbons (Fsp3) is 0.500.